The minimum Gasteiger partial charge on any atom is -0.497 e. The summed E-state index contributed by atoms with van der Waals surface area (Å²) in [5.41, 5.74) is 0.547. The zero-order valence-electron chi connectivity index (χ0n) is 14.5. The highest BCUT2D eigenvalue weighted by atomic mass is 16.5. The first-order valence-electron chi connectivity index (χ1n) is 8.34. The number of carbonyl (C=O) groups is 1. The lowest BCUT2D eigenvalue weighted by Gasteiger charge is -2.26. The molecule has 0 bridgehead atoms. The number of aliphatic hydroxyl groups is 1. The van der Waals surface area contributed by atoms with Crippen molar-refractivity contribution in [2.45, 2.75) is 5.60 Å². The molecule has 0 heterocycles. The summed E-state index contributed by atoms with van der Waals surface area (Å²) in [7, 11) is 1.58. The van der Waals surface area contributed by atoms with E-state index in [9.17, 15) is 9.90 Å². The van der Waals surface area contributed by atoms with Gasteiger partial charge in [-0.05, 0) is 47.5 Å². The van der Waals surface area contributed by atoms with Crippen LogP contribution in [0.15, 0.2) is 97.1 Å². The van der Waals surface area contributed by atoms with E-state index in [0.29, 0.717) is 22.4 Å². The molecule has 0 aliphatic rings. The number of rotatable bonds is 6. The number of benzene rings is 3. The number of allylic oxidation sites excluding steroid dienone is 1. The molecule has 1 N–H and O–H groups in total. The van der Waals surface area contributed by atoms with E-state index in [1.165, 1.54) is 6.08 Å². The Morgan fingerprint density at radius 2 is 1.35 bits per heavy atom. The van der Waals surface area contributed by atoms with Crippen LogP contribution in [0.25, 0.3) is 0 Å². The maximum Gasteiger partial charge on any atom is 0.185 e. The number of hydrogen-bond acceptors (Lipinski definition) is 3. The van der Waals surface area contributed by atoms with Crippen LogP contribution in [0, 0.1) is 0 Å². The van der Waals surface area contributed by atoms with Gasteiger partial charge in [0, 0.05) is 5.56 Å². The van der Waals surface area contributed by atoms with E-state index in [-0.39, 0.29) is 5.78 Å². The summed E-state index contributed by atoms with van der Waals surface area (Å²) in [6.45, 7) is 0. The third-order valence-electron chi connectivity index (χ3n) is 4.28. The van der Waals surface area contributed by atoms with E-state index in [0.717, 1.165) is 0 Å². The molecule has 0 unspecified atom stereocenters. The summed E-state index contributed by atoms with van der Waals surface area (Å²) in [6.07, 6.45) is 2.96. The number of methoxy groups -OCH3 is 1. The highest BCUT2D eigenvalue weighted by Crippen LogP contribution is 2.31. The van der Waals surface area contributed by atoms with Crippen molar-refractivity contribution in [3.05, 3.63) is 114 Å². The minimum absolute atomic E-state index is 0.182. The molecule has 0 aliphatic carbocycles. The maximum atomic E-state index is 12.5. The Morgan fingerprint density at radius 3 is 1.81 bits per heavy atom. The molecule has 3 heteroatoms. The second-order valence-electron chi connectivity index (χ2n) is 5.92. The van der Waals surface area contributed by atoms with Crippen molar-refractivity contribution in [2.75, 3.05) is 7.11 Å². The number of carbonyl (C=O) groups excluding carboxylic acids is 1. The van der Waals surface area contributed by atoms with Gasteiger partial charge < -0.3 is 9.84 Å². The SMILES string of the molecule is COc1ccc(C(=O)/C=C/C(O)(c2ccccc2)c2ccccc2)cc1. The molecular formula is C23H20O3. The van der Waals surface area contributed by atoms with Crippen LogP contribution < -0.4 is 4.74 Å². The van der Waals surface area contributed by atoms with Crippen molar-refractivity contribution in [3.63, 3.8) is 0 Å². The Hall–Kier alpha value is -3.17. The van der Waals surface area contributed by atoms with Gasteiger partial charge >= 0.3 is 0 Å². The summed E-state index contributed by atoms with van der Waals surface area (Å²) >= 11 is 0. The van der Waals surface area contributed by atoms with E-state index >= 15 is 0 Å². The second kappa shape index (κ2) is 7.81. The van der Waals surface area contributed by atoms with E-state index in [1.807, 2.05) is 60.7 Å². The lowest BCUT2D eigenvalue weighted by atomic mass is 9.85. The molecule has 26 heavy (non-hydrogen) atoms. The molecular weight excluding hydrogens is 324 g/mol. The molecule has 3 rings (SSSR count). The van der Waals surface area contributed by atoms with Crippen molar-refractivity contribution in [1.82, 2.24) is 0 Å². The van der Waals surface area contributed by atoms with Crippen LogP contribution in [0.4, 0.5) is 0 Å². The summed E-state index contributed by atoms with van der Waals surface area (Å²) in [5, 5.41) is 11.4. The van der Waals surface area contributed by atoms with Gasteiger partial charge in [-0.3, -0.25) is 4.79 Å². The van der Waals surface area contributed by atoms with Crippen LogP contribution in [-0.2, 0) is 5.60 Å². The second-order valence-corrected chi connectivity index (χ2v) is 5.92. The molecule has 3 nitrogen and oxygen atoms in total. The molecule has 0 atom stereocenters. The minimum atomic E-state index is -1.38. The molecule has 0 saturated heterocycles. The normalized spacial score (nSPS) is 11.5. The first-order valence-corrected chi connectivity index (χ1v) is 8.34. The molecule has 0 fully saturated rings. The molecule has 0 aromatic heterocycles. The standard InChI is InChI=1S/C23H20O3/c1-26-21-14-12-18(13-15-21)22(24)16-17-23(25,19-8-4-2-5-9-19)20-10-6-3-7-11-20/h2-17,25H,1H3/b17-16+. The summed E-state index contributed by atoms with van der Waals surface area (Å²) in [5.74, 6) is 0.508. The van der Waals surface area contributed by atoms with Crippen LogP contribution in [0.3, 0.4) is 0 Å². The Kier molecular flexibility index (Phi) is 5.30. The predicted molar refractivity (Wildman–Crippen MR) is 102 cm³/mol. The number of hydrogen-bond donors (Lipinski definition) is 1. The summed E-state index contributed by atoms with van der Waals surface area (Å²) < 4.78 is 5.11. The fourth-order valence-electron chi connectivity index (χ4n) is 2.79. The zero-order valence-corrected chi connectivity index (χ0v) is 14.5. The average Bonchev–Trinajstić information content (AvgIpc) is 2.73. The largest absolute Gasteiger partial charge is 0.497 e. The van der Waals surface area contributed by atoms with Gasteiger partial charge in [0.25, 0.3) is 0 Å². The molecule has 0 saturated carbocycles. The molecule has 3 aromatic rings. The molecule has 0 amide bonds. The first kappa shape index (κ1) is 17.6. The van der Waals surface area contributed by atoms with Gasteiger partial charge in [-0.1, -0.05) is 60.7 Å². The Morgan fingerprint density at radius 1 is 0.846 bits per heavy atom. The van der Waals surface area contributed by atoms with Gasteiger partial charge in [0.1, 0.15) is 11.4 Å². The fraction of sp³-hybridized carbons (Fsp3) is 0.0870. The molecule has 130 valence electrons. The lowest BCUT2D eigenvalue weighted by Crippen LogP contribution is -2.24. The predicted octanol–water partition coefficient (Wildman–Crippen LogP) is 4.37. The lowest BCUT2D eigenvalue weighted by molar-refractivity contribution is 0.103. The van der Waals surface area contributed by atoms with Gasteiger partial charge in [-0.2, -0.15) is 0 Å². The van der Waals surface area contributed by atoms with Crippen molar-refractivity contribution < 1.29 is 14.6 Å². The van der Waals surface area contributed by atoms with E-state index in [4.69, 9.17) is 4.74 Å². The van der Waals surface area contributed by atoms with Crippen molar-refractivity contribution in [2.24, 2.45) is 0 Å². The van der Waals surface area contributed by atoms with Gasteiger partial charge in [-0.25, -0.2) is 0 Å². The molecule has 0 spiro atoms. The molecule has 0 radical (unpaired) electrons. The fourth-order valence-corrected chi connectivity index (χ4v) is 2.79. The van der Waals surface area contributed by atoms with Gasteiger partial charge in [-0.15, -0.1) is 0 Å². The summed E-state index contributed by atoms with van der Waals surface area (Å²) in [4.78, 5) is 12.5. The van der Waals surface area contributed by atoms with Crippen molar-refractivity contribution in [3.8, 4) is 5.75 Å². The molecule has 3 aromatic carbocycles. The smallest absolute Gasteiger partial charge is 0.185 e. The number of ether oxygens (including phenoxy) is 1. The van der Waals surface area contributed by atoms with Crippen LogP contribution >= 0.6 is 0 Å². The number of ketones is 1. The first-order chi connectivity index (χ1) is 12.6. The van der Waals surface area contributed by atoms with Crippen LogP contribution in [0.2, 0.25) is 0 Å². The van der Waals surface area contributed by atoms with Crippen LogP contribution in [-0.4, -0.2) is 18.0 Å². The van der Waals surface area contributed by atoms with E-state index < -0.39 is 5.60 Å². The zero-order chi connectivity index (χ0) is 18.4. The average molecular weight is 344 g/mol. The Labute approximate surface area is 153 Å². The Bertz CT molecular complexity index is 842. The summed E-state index contributed by atoms with van der Waals surface area (Å²) in [6, 6.07) is 25.5. The molecule has 0 aliphatic heterocycles. The monoisotopic (exact) mass is 344 g/mol. The topological polar surface area (TPSA) is 46.5 Å². The van der Waals surface area contributed by atoms with Gasteiger partial charge in [0.2, 0.25) is 0 Å². The Balaban J connectivity index is 1.95. The third kappa shape index (κ3) is 3.73. The van der Waals surface area contributed by atoms with Crippen molar-refractivity contribution >= 4 is 5.78 Å². The highest BCUT2D eigenvalue weighted by Gasteiger charge is 2.28. The highest BCUT2D eigenvalue weighted by molar-refractivity contribution is 6.04. The van der Waals surface area contributed by atoms with E-state index in [1.54, 1.807) is 37.5 Å². The maximum absolute atomic E-state index is 12.5. The van der Waals surface area contributed by atoms with Crippen molar-refractivity contribution in [1.29, 1.82) is 0 Å². The van der Waals surface area contributed by atoms with Crippen LogP contribution in [0.5, 0.6) is 5.75 Å². The van der Waals surface area contributed by atoms with E-state index in [2.05, 4.69) is 0 Å². The van der Waals surface area contributed by atoms with Gasteiger partial charge in [0.15, 0.2) is 5.78 Å². The van der Waals surface area contributed by atoms with Gasteiger partial charge in [0.05, 0.1) is 7.11 Å². The van der Waals surface area contributed by atoms with Crippen LogP contribution in [0.1, 0.15) is 21.5 Å². The third-order valence-corrected chi connectivity index (χ3v) is 4.28. The quantitative estimate of drug-likeness (QED) is 0.533.